The van der Waals surface area contributed by atoms with E-state index in [-0.39, 0.29) is 5.91 Å². The highest BCUT2D eigenvalue weighted by Crippen LogP contribution is 2.30. The Hall–Kier alpha value is -2.75. The summed E-state index contributed by atoms with van der Waals surface area (Å²) >= 11 is 0. The van der Waals surface area contributed by atoms with Crippen LogP contribution in [0.3, 0.4) is 0 Å². The number of methoxy groups -OCH3 is 1. The minimum Gasteiger partial charge on any atom is -0.497 e. The number of carbonyl (C=O) groups is 1. The lowest BCUT2D eigenvalue weighted by Gasteiger charge is -2.10. The molecule has 2 aromatic carbocycles. The zero-order valence-corrected chi connectivity index (χ0v) is 13.7. The van der Waals surface area contributed by atoms with Crippen molar-refractivity contribution in [3.8, 4) is 5.75 Å². The van der Waals surface area contributed by atoms with Gasteiger partial charge in [0.25, 0.3) is 5.91 Å². The van der Waals surface area contributed by atoms with Crippen molar-refractivity contribution in [2.75, 3.05) is 12.4 Å². The van der Waals surface area contributed by atoms with Crippen LogP contribution in [0.2, 0.25) is 0 Å². The second-order valence-electron chi connectivity index (χ2n) is 5.60. The van der Waals surface area contributed by atoms with E-state index in [1.807, 2.05) is 50.2 Å². The number of amides is 1. The molecule has 0 aliphatic rings. The van der Waals surface area contributed by atoms with Gasteiger partial charge in [0.1, 0.15) is 17.1 Å². The number of hydrogen-bond acceptors (Lipinski definition) is 3. The van der Waals surface area contributed by atoms with E-state index < -0.39 is 0 Å². The molecule has 1 N–H and O–H groups in total. The molecule has 1 amide bonds. The maximum Gasteiger partial charge on any atom is 0.259 e. The van der Waals surface area contributed by atoms with Gasteiger partial charge in [0.05, 0.1) is 12.7 Å². The zero-order chi connectivity index (χ0) is 16.6. The van der Waals surface area contributed by atoms with Crippen LogP contribution in [0.15, 0.2) is 40.8 Å². The van der Waals surface area contributed by atoms with Crippen LogP contribution in [0.4, 0.5) is 5.69 Å². The first-order valence-electron chi connectivity index (χ1n) is 7.46. The molecule has 0 unspecified atom stereocenters. The summed E-state index contributed by atoms with van der Waals surface area (Å²) < 4.78 is 10.9. The standard InChI is InChI=1S/C19H19NO3/c1-11-6-5-7-16(12(11)2)20-19(21)18-13(3)23-17-9-8-14(22-4)10-15(17)18/h5-10H,1-4H3,(H,20,21). The second-order valence-corrected chi connectivity index (χ2v) is 5.60. The number of aryl methyl sites for hydroxylation is 2. The molecule has 0 aliphatic heterocycles. The SMILES string of the molecule is COc1ccc2oc(C)c(C(=O)Nc3cccc(C)c3C)c2c1. The van der Waals surface area contributed by atoms with Crippen LogP contribution in [0.5, 0.6) is 5.75 Å². The van der Waals surface area contributed by atoms with E-state index in [1.54, 1.807) is 14.0 Å². The van der Waals surface area contributed by atoms with E-state index in [4.69, 9.17) is 9.15 Å². The van der Waals surface area contributed by atoms with Gasteiger partial charge in [0.2, 0.25) is 0 Å². The van der Waals surface area contributed by atoms with Crippen molar-refractivity contribution < 1.29 is 13.9 Å². The van der Waals surface area contributed by atoms with Gasteiger partial charge in [-0.2, -0.15) is 0 Å². The molecule has 0 aliphatic carbocycles. The molecule has 3 aromatic rings. The van der Waals surface area contributed by atoms with E-state index in [0.717, 1.165) is 22.2 Å². The van der Waals surface area contributed by atoms with Crippen molar-refractivity contribution in [1.29, 1.82) is 0 Å². The van der Waals surface area contributed by atoms with Crippen LogP contribution in [0.25, 0.3) is 11.0 Å². The number of hydrogen-bond donors (Lipinski definition) is 1. The van der Waals surface area contributed by atoms with Crippen LogP contribution < -0.4 is 10.1 Å². The highest BCUT2D eigenvalue weighted by molar-refractivity contribution is 6.13. The molecule has 0 spiro atoms. The van der Waals surface area contributed by atoms with Crippen LogP contribution in [-0.2, 0) is 0 Å². The van der Waals surface area contributed by atoms with Gasteiger partial charge < -0.3 is 14.5 Å². The quantitative estimate of drug-likeness (QED) is 0.768. The van der Waals surface area contributed by atoms with Crippen molar-refractivity contribution in [1.82, 2.24) is 0 Å². The number of rotatable bonds is 3. The number of carbonyl (C=O) groups excluding carboxylic acids is 1. The van der Waals surface area contributed by atoms with Gasteiger partial charge in [-0.25, -0.2) is 0 Å². The summed E-state index contributed by atoms with van der Waals surface area (Å²) in [6.45, 7) is 5.81. The normalized spacial score (nSPS) is 10.8. The van der Waals surface area contributed by atoms with E-state index in [1.165, 1.54) is 0 Å². The molecular weight excluding hydrogens is 290 g/mol. The monoisotopic (exact) mass is 309 g/mol. The summed E-state index contributed by atoms with van der Waals surface area (Å²) in [5, 5.41) is 3.74. The minimum absolute atomic E-state index is 0.178. The lowest BCUT2D eigenvalue weighted by Crippen LogP contribution is -2.13. The molecule has 1 heterocycles. The van der Waals surface area contributed by atoms with Gasteiger partial charge in [-0.1, -0.05) is 12.1 Å². The maximum absolute atomic E-state index is 12.8. The summed E-state index contributed by atoms with van der Waals surface area (Å²) in [6.07, 6.45) is 0. The number of ether oxygens (including phenoxy) is 1. The Kier molecular flexibility index (Phi) is 3.82. The van der Waals surface area contributed by atoms with Gasteiger partial charge in [0.15, 0.2) is 0 Å². The van der Waals surface area contributed by atoms with Crippen LogP contribution in [0.1, 0.15) is 27.2 Å². The smallest absolute Gasteiger partial charge is 0.259 e. The lowest BCUT2D eigenvalue weighted by molar-refractivity contribution is 0.102. The van der Waals surface area contributed by atoms with Gasteiger partial charge >= 0.3 is 0 Å². The predicted molar refractivity (Wildman–Crippen MR) is 91.4 cm³/mol. The van der Waals surface area contributed by atoms with Gasteiger partial charge in [-0.05, 0) is 56.2 Å². The third kappa shape index (κ3) is 2.68. The third-order valence-corrected chi connectivity index (χ3v) is 4.15. The van der Waals surface area contributed by atoms with Crippen LogP contribution >= 0.6 is 0 Å². The first kappa shape index (κ1) is 15.2. The number of anilines is 1. The van der Waals surface area contributed by atoms with Gasteiger partial charge in [0, 0.05) is 11.1 Å². The van der Waals surface area contributed by atoms with E-state index in [0.29, 0.717) is 22.7 Å². The molecule has 0 saturated carbocycles. The van der Waals surface area contributed by atoms with E-state index in [2.05, 4.69) is 5.32 Å². The Balaban J connectivity index is 2.03. The van der Waals surface area contributed by atoms with Gasteiger partial charge in [-0.3, -0.25) is 4.79 Å². The molecule has 4 nitrogen and oxygen atoms in total. The summed E-state index contributed by atoms with van der Waals surface area (Å²) in [4.78, 5) is 12.8. The molecule has 0 saturated heterocycles. The number of furan rings is 1. The summed E-state index contributed by atoms with van der Waals surface area (Å²) in [6, 6.07) is 11.3. The molecule has 0 radical (unpaired) electrons. The van der Waals surface area contributed by atoms with Crippen LogP contribution in [0, 0.1) is 20.8 Å². The molecule has 1 aromatic heterocycles. The first-order valence-corrected chi connectivity index (χ1v) is 7.46. The Bertz CT molecular complexity index is 893. The fourth-order valence-electron chi connectivity index (χ4n) is 2.68. The zero-order valence-electron chi connectivity index (χ0n) is 13.7. The fourth-order valence-corrected chi connectivity index (χ4v) is 2.68. The molecule has 4 heteroatoms. The molecule has 0 bridgehead atoms. The topological polar surface area (TPSA) is 51.5 Å². The molecule has 0 fully saturated rings. The minimum atomic E-state index is -0.178. The second kappa shape index (κ2) is 5.80. The third-order valence-electron chi connectivity index (χ3n) is 4.15. The van der Waals surface area contributed by atoms with Crippen LogP contribution in [-0.4, -0.2) is 13.0 Å². The molecule has 0 atom stereocenters. The average Bonchev–Trinajstić information content (AvgIpc) is 2.86. The Labute approximate surface area is 135 Å². The Morgan fingerprint density at radius 1 is 1.13 bits per heavy atom. The van der Waals surface area contributed by atoms with Crippen molar-refractivity contribution in [2.24, 2.45) is 0 Å². The fraction of sp³-hybridized carbons (Fsp3) is 0.211. The van der Waals surface area contributed by atoms with Gasteiger partial charge in [-0.15, -0.1) is 0 Å². The van der Waals surface area contributed by atoms with Crippen molar-refractivity contribution >= 4 is 22.6 Å². The summed E-state index contributed by atoms with van der Waals surface area (Å²) in [5.41, 5.74) is 4.22. The molecular formula is C19H19NO3. The highest BCUT2D eigenvalue weighted by Gasteiger charge is 2.19. The number of fused-ring (bicyclic) bond motifs is 1. The summed E-state index contributed by atoms with van der Waals surface area (Å²) in [7, 11) is 1.60. The highest BCUT2D eigenvalue weighted by atomic mass is 16.5. The number of nitrogens with one attached hydrogen (secondary N) is 1. The first-order chi connectivity index (χ1) is 11.0. The van der Waals surface area contributed by atoms with E-state index >= 15 is 0 Å². The Morgan fingerprint density at radius 3 is 2.65 bits per heavy atom. The summed E-state index contributed by atoms with van der Waals surface area (Å²) in [5.74, 6) is 1.11. The van der Waals surface area contributed by atoms with Crippen molar-refractivity contribution in [3.63, 3.8) is 0 Å². The Morgan fingerprint density at radius 2 is 1.91 bits per heavy atom. The van der Waals surface area contributed by atoms with Crippen molar-refractivity contribution in [2.45, 2.75) is 20.8 Å². The molecule has 23 heavy (non-hydrogen) atoms. The van der Waals surface area contributed by atoms with Crippen molar-refractivity contribution in [3.05, 3.63) is 58.8 Å². The average molecular weight is 309 g/mol. The maximum atomic E-state index is 12.8. The largest absolute Gasteiger partial charge is 0.497 e. The van der Waals surface area contributed by atoms with E-state index in [9.17, 15) is 4.79 Å². The predicted octanol–water partition coefficient (Wildman–Crippen LogP) is 4.62. The lowest BCUT2D eigenvalue weighted by atomic mass is 10.1. The number of benzene rings is 2. The molecule has 118 valence electrons. The molecule has 3 rings (SSSR count).